The maximum Gasteiger partial charge on any atom is 0.414 e. The van der Waals surface area contributed by atoms with Crippen molar-refractivity contribution in [3.63, 3.8) is 0 Å². The SMILES string of the molecule is Cc1nn(-c2ccc(F)cc2)c(C)c1CNCCOc1ccccc1F.O=C(O)C(=O)O. The largest absolute Gasteiger partial charge is 0.489 e. The number of carboxylic acids is 2. The summed E-state index contributed by atoms with van der Waals surface area (Å²) in [5.41, 5.74) is 3.81. The number of nitrogens with zero attached hydrogens (tertiary/aromatic N) is 2. The second kappa shape index (κ2) is 11.6. The van der Waals surface area contributed by atoms with Gasteiger partial charge >= 0.3 is 11.9 Å². The molecule has 0 saturated carbocycles. The number of aliphatic carboxylic acids is 2. The average Bonchev–Trinajstić information content (AvgIpc) is 3.04. The van der Waals surface area contributed by atoms with Gasteiger partial charge in [0.2, 0.25) is 0 Å². The molecule has 0 amide bonds. The van der Waals surface area contributed by atoms with Crippen LogP contribution in [0.4, 0.5) is 8.78 Å². The molecule has 0 saturated heterocycles. The summed E-state index contributed by atoms with van der Waals surface area (Å²) in [5.74, 6) is -4.03. The van der Waals surface area contributed by atoms with E-state index in [1.807, 2.05) is 18.5 Å². The van der Waals surface area contributed by atoms with Gasteiger partial charge in [-0.25, -0.2) is 23.1 Å². The Morgan fingerprint density at radius 1 is 1.03 bits per heavy atom. The predicted octanol–water partition coefficient (Wildman–Crippen LogP) is 3.09. The molecular weight excluding hydrogens is 424 g/mol. The first-order chi connectivity index (χ1) is 15.2. The van der Waals surface area contributed by atoms with Crippen molar-refractivity contribution < 1.29 is 33.3 Å². The molecule has 3 rings (SSSR count). The zero-order valence-corrected chi connectivity index (χ0v) is 17.5. The highest BCUT2D eigenvalue weighted by Crippen LogP contribution is 2.18. The third-order valence-electron chi connectivity index (χ3n) is 4.37. The van der Waals surface area contributed by atoms with Crippen LogP contribution in [0.2, 0.25) is 0 Å². The number of benzene rings is 2. The van der Waals surface area contributed by atoms with Crippen LogP contribution in [-0.2, 0) is 16.1 Å². The summed E-state index contributed by atoms with van der Waals surface area (Å²) in [7, 11) is 0. The molecule has 0 unspecified atom stereocenters. The van der Waals surface area contributed by atoms with Gasteiger partial charge in [-0.15, -0.1) is 0 Å². The molecule has 170 valence electrons. The summed E-state index contributed by atoms with van der Waals surface area (Å²) in [4.78, 5) is 18.2. The van der Waals surface area contributed by atoms with Crippen LogP contribution < -0.4 is 10.1 Å². The second-order valence-corrected chi connectivity index (χ2v) is 6.60. The number of carbonyl (C=O) groups is 2. The molecule has 0 radical (unpaired) electrons. The average molecular weight is 447 g/mol. The summed E-state index contributed by atoms with van der Waals surface area (Å²) < 4.78 is 33.8. The minimum atomic E-state index is -1.82. The predicted molar refractivity (Wildman–Crippen MR) is 112 cm³/mol. The van der Waals surface area contributed by atoms with Crippen LogP contribution in [0.5, 0.6) is 5.75 Å². The van der Waals surface area contributed by atoms with Gasteiger partial charge in [0.15, 0.2) is 11.6 Å². The standard InChI is InChI=1S/C20H21F2N3O.C2H2O4/c1-14-18(13-23-11-12-26-20-6-4-3-5-19(20)22)15(2)25(24-14)17-9-7-16(21)8-10-17;3-1(4)2(5)6/h3-10,23H,11-13H2,1-2H3;(H,3,4)(H,5,6). The van der Waals surface area contributed by atoms with Gasteiger partial charge in [0.05, 0.1) is 11.4 Å². The maximum absolute atomic E-state index is 13.5. The maximum atomic E-state index is 13.5. The van der Waals surface area contributed by atoms with Crippen molar-refractivity contribution in [1.29, 1.82) is 0 Å². The van der Waals surface area contributed by atoms with Crippen molar-refractivity contribution in [3.05, 3.63) is 77.1 Å². The van der Waals surface area contributed by atoms with Gasteiger partial charge in [0.25, 0.3) is 0 Å². The Morgan fingerprint density at radius 3 is 2.25 bits per heavy atom. The smallest absolute Gasteiger partial charge is 0.414 e. The lowest BCUT2D eigenvalue weighted by molar-refractivity contribution is -0.159. The molecule has 0 aliphatic carbocycles. The molecule has 0 atom stereocenters. The minimum Gasteiger partial charge on any atom is -0.489 e. The number of halogens is 2. The molecule has 10 heteroatoms. The molecule has 0 fully saturated rings. The van der Waals surface area contributed by atoms with E-state index in [0.29, 0.717) is 19.7 Å². The van der Waals surface area contributed by atoms with Crippen molar-refractivity contribution in [3.8, 4) is 11.4 Å². The van der Waals surface area contributed by atoms with Crippen molar-refractivity contribution in [2.24, 2.45) is 0 Å². The molecule has 0 bridgehead atoms. The third-order valence-corrected chi connectivity index (χ3v) is 4.37. The summed E-state index contributed by atoms with van der Waals surface area (Å²) in [5, 5.41) is 22.6. The lowest BCUT2D eigenvalue weighted by Crippen LogP contribution is -2.21. The van der Waals surface area contributed by atoms with Crippen LogP contribution in [0.3, 0.4) is 0 Å². The van der Waals surface area contributed by atoms with Crippen molar-refractivity contribution in [2.45, 2.75) is 20.4 Å². The molecule has 1 aromatic heterocycles. The fraction of sp³-hybridized carbons (Fsp3) is 0.227. The molecule has 1 heterocycles. The molecule has 8 nitrogen and oxygen atoms in total. The normalized spacial score (nSPS) is 10.2. The van der Waals surface area contributed by atoms with Crippen LogP contribution >= 0.6 is 0 Å². The Hall–Kier alpha value is -3.79. The van der Waals surface area contributed by atoms with Crippen LogP contribution in [-0.4, -0.2) is 45.1 Å². The van der Waals surface area contributed by atoms with E-state index in [-0.39, 0.29) is 17.4 Å². The van der Waals surface area contributed by atoms with E-state index in [0.717, 1.165) is 22.6 Å². The van der Waals surface area contributed by atoms with Crippen LogP contribution in [0.15, 0.2) is 48.5 Å². The van der Waals surface area contributed by atoms with E-state index in [9.17, 15) is 8.78 Å². The Morgan fingerprint density at radius 2 is 1.66 bits per heavy atom. The van der Waals surface area contributed by atoms with Gasteiger partial charge < -0.3 is 20.3 Å². The number of aryl methyl sites for hydroxylation is 1. The van der Waals surface area contributed by atoms with E-state index in [2.05, 4.69) is 10.4 Å². The third kappa shape index (κ3) is 6.88. The first kappa shape index (κ1) is 24.5. The van der Waals surface area contributed by atoms with Gasteiger partial charge in [0.1, 0.15) is 12.4 Å². The van der Waals surface area contributed by atoms with Gasteiger partial charge in [-0.1, -0.05) is 12.1 Å². The molecular formula is C22H23F2N3O5. The molecule has 32 heavy (non-hydrogen) atoms. The number of para-hydroxylation sites is 1. The molecule has 2 aromatic carbocycles. The topological polar surface area (TPSA) is 114 Å². The monoisotopic (exact) mass is 447 g/mol. The van der Waals surface area contributed by atoms with E-state index >= 15 is 0 Å². The number of rotatable bonds is 7. The van der Waals surface area contributed by atoms with Gasteiger partial charge in [-0.2, -0.15) is 5.10 Å². The lowest BCUT2D eigenvalue weighted by Gasteiger charge is -2.09. The number of nitrogens with one attached hydrogen (secondary N) is 1. The highest BCUT2D eigenvalue weighted by atomic mass is 19.1. The van der Waals surface area contributed by atoms with Crippen molar-refractivity contribution >= 4 is 11.9 Å². The zero-order valence-electron chi connectivity index (χ0n) is 17.5. The second-order valence-electron chi connectivity index (χ2n) is 6.60. The Labute approximate surface area is 183 Å². The molecule has 0 aliphatic heterocycles. The Bertz CT molecular complexity index is 1060. The number of aromatic nitrogens is 2. The van der Waals surface area contributed by atoms with Crippen LogP contribution in [0, 0.1) is 25.5 Å². The highest BCUT2D eigenvalue weighted by Gasteiger charge is 2.12. The first-order valence-corrected chi connectivity index (χ1v) is 9.56. The molecule has 3 aromatic rings. The summed E-state index contributed by atoms with van der Waals surface area (Å²) in [6.45, 7) is 5.50. The van der Waals surface area contributed by atoms with Gasteiger partial charge in [0, 0.05) is 24.3 Å². The fourth-order valence-corrected chi connectivity index (χ4v) is 2.77. The van der Waals surface area contributed by atoms with Crippen LogP contribution in [0.1, 0.15) is 17.0 Å². The lowest BCUT2D eigenvalue weighted by atomic mass is 10.2. The summed E-state index contributed by atoms with van der Waals surface area (Å²) in [6.07, 6.45) is 0. The zero-order chi connectivity index (χ0) is 23.7. The molecule has 0 aliphatic rings. The van der Waals surface area contributed by atoms with E-state index in [4.69, 9.17) is 24.5 Å². The fourth-order valence-electron chi connectivity index (χ4n) is 2.77. The van der Waals surface area contributed by atoms with Crippen molar-refractivity contribution in [1.82, 2.24) is 15.1 Å². The van der Waals surface area contributed by atoms with Crippen LogP contribution in [0.25, 0.3) is 5.69 Å². The molecule has 3 N–H and O–H groups in total. The number of hydrogen-bond donors (Lipinski definition) is 3. The van der Waals surface area contributed by atoms with E-state index in [1.165, 1.54) is 18.2 Å². The number of ether oxygens (including phenoxy) is 1. The number of carboxylic acid groups (broad SMARTS) is 2. The highest BCUT2D eigenvalue weighted by molar-refractivity contribution is 6.27. The first-order valence-electron chi connectivity index (χ1n) is 9.56. The summed E-state index contributed by atoms with van der Waals surface area (Å²) in [6, 6.07) is 12.6. The minimum absolute atomic E-state index is 0.255. The van der Waals surface area contributed by atoms with Gasteiger partial charge in [-0.05, 0) is 50.2 Å². The number of hydrogen-bond acceptors (Lipinski definition) is 5. The summed E-state index contributed by atoms with van der Waals surface area (Å²) >= 11 is 0. The molecule has 0 spiro atoms. The van der Waals surface area contributed by atoms with E-state index < -0.39 is 11.9 Å². The Kier molecular flexibility index (Phi) is 8.84. The van der Waals surface area contributed by atoms with E-state index in [1.54, 1.807) is 30.3 Å². The quantitative estimate of drug-likeness (QED) is 0.377. The Balaban J connectivity index is 0.000000534. The van der Waals surface area contributed by atoms with Crippen molar-refractivity contribution in [2.75, 3.05) is 13.2 Å². The van der Waals surface area contributed by atoms with Gasteiger partial charge in [-0.3, -0.25) is 0 Å².